The molecule has 0 saturated heterocycles. The van der Waals surface area contributed by atoms with Crippen LogP contribution in [-0.4, -0.2) is 12.3 Å². The first-order valence-corrected chi connectivity index (χ1v) is 7.62. The van der Waals surface area contributed by atoms with Crippen LogP contribution in [0.5, 0.6) is 0 Å². The Morgan fingerprint density at radius 2 is 1.90 bits per heavy atom. The van der Waals surface area contributed by atoms with Gasteiger partial charge in [0.1, 0.15) is 11.6 Å². The SMILES string of the molecule is NCC1(C(=O)Cc2ccc(F)cc2Cl)CCCCCC1. The van der Waals surface area contributed by atoms with E-state index in [0.29, 0.717) is 17.1 Å². The second-order valence-electron chi connectivity index (χ2n) is 5.73. The molecule has 0 aliphatic heterocycles. The Labute approximate surface area is 124 Å². The normalized spacial score (nSPS) is 18.6. The first-order valence-electron chi connectivity index (χ1n) is 7.25. The molecule has 0 atom stereocenters. The molecule has 0 spiro atoms. The second kappa shape index (κ2) is 6.68. The van der Waals surface area contributed by atoms with Crippen molar-refractivity contribution in [3.63, 3.8) is 0 Å². The zero-order chi connectivity index (χ0) is 14.6. The topological polar surface area (TPSA) is 43.1 Å². The Hall–Kier alpha value is -0.930. The first-order chi connectivity index (χ1) is 9.57. The van der Waals surface area contributed by atoms with Crippen LogP contribution in [0.1, 0.15) is 44.1 Å². The monoisotopic (exact) mass is 297 g/mol. The van der Waals surface area contributed by atoms with Gasteiger partial charge in [-0.15, -0.1) is 0 Å². The molecule has 20 heavy (non-hydrogen) atoms. The molecule has 2 N–H and O–H groups in total. The smallest absolute Gasteiger partial charge is 0.144 e. The third-order valence-electron chi connectivity index (χ3n) is 4.41. The molecule has 0 heterocycles. The van der Waals surface area contributed by atoms with Crippen LogP contribution in [0.25, 0.3) is 0 Å². The molecule has 0 unspecified atom stereocenters. The van der Waals surface area contributed by atoms with Gasteiger partial charge in [-0.2, -0.15) is 0 Å². The number of halogens is 2. The van der Waals surface area contributed by atoms with E-state index in [-0.39, 0.29) is 18.0 Å². The van der Waals surface area contributed by atoms with Gasteiger partial charge < -0.3 is 5.73 Å². The minimum atomic E-state index is -0.409. The summed E-state index contributed by atoms with van der Waals surface area (Å²) >= 11 is 6.01. The number of rotatable bonds is 4. The molecule has 0 bridgehead atoms. The molecule has 2 nitrogen and oxygen atoms in total. The highest BCUT2D eigenvalue weighted by atomic mass is 35.5. The summed E-state index contributed by atoms with van der Waals surface area (Å²) in [5, 5.41) is 0.319. The van der Waals surface area contributed by atoms with Crippen molar-refractivity contribution in [3.05, 3.63) is 34.6 Å². The minimum Gasteiger partial charge on any atom is -0.329 e. The third-order valence-corrected chi connectivity index (χ3v) is 4.76. The summed E-state index contributed by atoms with van der Waals surface area (Å²) < 4.78 is 13.0. The van der Waals surface area contributed by atoms with Crippen molar-refractivity contribution in [2.24, 2.45) is 11.1 Å². The van der Waals surface area contributed by atoms with Crippen LogP contribution < -0.4 is 5.73 Å². The van der Waals surface area contributed by atoms with E-state index in [2.05, 4.69) is 0 Å². The van der Waals surface area contributed by atoms with Gasteiger partial charge in [-0.3, -0.25) is 4.79 Å². The fourth-order valence-corrected chi connectivity index (χ4v) is 3.26. The predicted octanol–water partition coefficient (Wildman–Crippen LogP) is 3.89. The maximum Gasteiger partial charge on any atom is 0.144 e. The summed E-state index contributed by atoms with van der Waals surface area (Å²) in [6.45, 7) is 0.393. The van der Waals surface area contributed by atoms with E-state index in [1.165, 1.54) is 25.0 Å². The standard InChI is InChI=1S/C16H21ClFNO/c17-14-10-13(18)6-5-12(14)9-15(20)16(11-19)7-3-1-2-4-8-16/h5-6,10H,1-4,7-9,11,19H2. The van der Waals surface area contributed by atoms with E-state index in [9.17, 15) is 9.18 Å². The highest BCUT2D eigenvalue weighted by Crippen LogP contribution is 2.36. The Morgan fingerprint density at radius 3 is 2.45 bits per heavy atom. The number of carbonyl (C=O) groups excluding carboxylic acids is 1. The Kier molecular flexibility index (Phi) is 5.17. The summed E-state index contributed by atoms with van der Waals surface area (Å²) in [5.41, 5.74) is 6.19. The zero-order valence-electron chi connectivity index (χ0n) is 11.6. The zero-order valence-corrected chi connectivity index (χ0v) is 12.4. The molecule has 1 aliphatic rings. The molecular formula is C16H21ClFNO. The van der Waals surface area contributed by atoms with Crippen molar-refractivity contribution in [3.8, 4) is 0 Å². The lowest BCUT2D eigenvalue weighted by Crippen LogP contribution is -2.39. The summed E-state index contributed by atoms with van der Waals surface area (Å²) in [6.07, 6.45) is 6.43. The van der Waals surface area contributed by atoms with Gasteiger partial charge in [-0.05, 0) is 30.5 Å². The van der Waals surface area contributed by atoms with Gasteiger partial charge in [0.05, 0.1) is 0 Å². The minimum absolute atomic E-state index is 0.149. The lowest BCUT2D eigenvalue weighted by atomic mass is 9.75. The van der Waals surface area contributed by atoms with Crippen LogP contribution in [0.2, 0.25) is 5.02 Å². The number of ketones is 1. The van der Waals surface area contributed by atoms with Gasteiger partial charge in [0.25, 0.3) is 0 Å². The molecule has 0 radical (unpaired) electrons. The summed E-state index contributed by atoms with van der Waals surface area (Å²) in [5.74, 6) is -0.232. The average molecular weight is 298 g/mol. The number of Topliss-reactive ketones (excluding diaryl/α,β-unsaturated/α-hetero) is 1. The van der Waals surface area contributed by atoms with E-state index in [1.807, 2.05) is 0 Å². The van der Waals surface area contributed by atoms with Gasteiger partial charge in [0.15, 0.2) is 0 Å². The van der Waals surface area contributed by atoms with E-state index in [4.69, 9.17) is 17.3 Å². The van der Waals surface area contributed by atoms with Gasteiger partial charge >= 0.3 is 0 Å². The predicted molar refractivity (Wildman–Crippen MR) is 79.3 cm³/mol. The number of benzene rings is 1. The van der Waals surface area contributed by atoms with Crippen LogP contribution in [0.15, 0.2) is 18.2 Å². The van der Waals surface area contributed by atoms with Crippen molar-refractivity contribution in [1.82, 2.24) is 0 Å². The van der Waals surface area contributed by atoms with Gasteiger partial charge in [0, 0.05) is 23.4 Å². The second-order valence-corrected chi connectivity index (χ2v) is 6.14. The van der Waals surface area contributed by atoms with E-state index < -0.39 is 5.41 Å². The Bertz CT molecular complexity index is 481. The highest BCUT2D eigenvalue weighted by Gasteiger charge is 2.36. The van der Waals surface area contributed by atoms with Crippen LogP contribution >= 0.6 is 11.6 Å². The van der Waals surface area contributed by atoms with E-state index in [1.54, 1.807) is 6.07 Å². The highest BCUT2D eigenvalue weighted by molar-refractivity contribution is 6.31. The van der Waals surface area contributed by atoms with Crippen molar-refractivity contribution >= 4 is 17.4 Å². The summed E-state index contributed by atoms with van der Waals surface area (Å²) in [4.78, 5) is 12.7. The molecule has 1 aliphatic carbocycles. The Balaban J connectivity index is 2.16. The number of carbonyl (C=O) groups is 1. The van der Waals surface area contributed by atoms with Gasteiger partial charge in [0.2, 0.25) is 0 Å². The average Bonchev–Trinajstić information content (AvgIpc) is 2.68. The van der Waals surface area contributed by atoms with Crippen LogP contribution in [0.4, 0.5) is 4.39 Å². The fourth-order valence-electron chi connectivity index (χ4n) is 3.03. The molecule has 2 rings (SSSR count). The summed E-state index contributed by atoms with van der Waals surface area (Å²) in [6, 6.07) is 4.19. The molecule has 1 aromatic rings. The molecule has 1 aromatic carbocycles. The van der Waals surface area contributed by atoms with Crippen LogP contribution in [0.3, 0.4) is 0 Å². The van der Waals surface area contributed by atoms with Crippen molar-refractivity contribution in [2.75, 3.05) is 6.54 Å². The number of hydrogen-bond acceptors (Lipinski definition) is 2. The molecule has 4 heteroatoms. The fraction of sp³-hybridized carbons (Fsp3) is 0.562. The lowest BCUT2D eigenvalue weighted by molar-refractivity contribution is -0.128. The maximum atomic E-state index is 13.0. The van der Waals surface area contributed by atoms with Crippen molar-refractivity contribution in [2.45, 2.75) is 44.9 Å². The third kappa shape index (κ3) is 3.39. The molecular weight excluding hydrogens is 277 g/mol. The first kappa shape index (κ1) is 15.5. The quantitative estimate of drug-likeness (QED) is 0.857. The van der Waals surface area contributed by atoms with Crippen molar-refractivity contribution in [1.29, 1.82) is 0 Å². The van der Waals surface area contributed by atoms with E-state index in [0.717, 1.165) is 25.7 Å². The maximum absolute atomic E-state index is 13.0. The summed E-state index contributed by atoms with van der Waals surface area (Å²) in [7, 11) is 0. The molecule has 0 amide bonds. The molecule has 1 saturated carbocycles. The largest absolute Gasteiger partial charge is 0.329 e. The molecule has 1 fully saturated rings. The number of hydrogen-bond donors (Lipinski definition) is 1. The van der Waals surface area contributed by atoms with Crippen LogP contribution in [-0.2, 0) is 11.2 Å². The van der Waals surface area contributed by atoms with Gasteiger partial charge in [-0.1, -0.05) is 43.4 Å². The molecule has 110 valence electrons. The lowest BCUT2D eigenvalue weighted by Gasteiger charge is -2.30. The van der Waals surface area contributed by atoms with E-state index >= 15 is 0 Å². The van der Waals surface area contributed by atoms with Crippen LogP contribution in [0, 0.1) is 11.2 Å². The molecule has 0 aromatic heterocycles. The number of nitrogens with two attached hydrogens (primary N) is 1. The van der Waals surface area contributed by atoms with Crippen molar-refractivity contribution < 1.29 is 9.18 Å². The Morgan fingerprint density at radius 1 is 1.25 bits per heavy atom. The van der Waals surface area contributed by atoms with Gasteiger partial charge in [-0.25, -0.2) is 4.39 Å².